The molecule has 2 N–H and O–H groups in total. The SMILES string of the molecule is Cc1ccn(-c2nc(N)cn3ccnc23)n1. The van der Waals surface area contributed by atoms with Crippen LogP contribution in [0.1, 0.15) is 5.69 Å². The van der Waals surface area contributed by atoms with Gasteiger partial charge in [-0.05, 0) is 13.0 Å². The van der Waals surface area contributed by atoms with Gasteiger partial charge in [-0.1, -0.05) is 0 Å². The Balaban J connectivity index is 2.33. The van der Waals surface area contributed by atoms with Gasteiger partial charge in [-0.25, -0.2) is 14.6 Å². The quantitative estimate of drug-likeness (QED) is 0.650. The van der Waals surface area contributed by atoms with Gasteiger partial charge in [-0.3, -0.25) is 0 Å². The Labute approximate surface area is 91.4 Å². The van der Waals surface area contributed by atoms with E-state index in [1.54, 1.807) is 17.1 Å². The number of nitrogen functional groups attached to an aromatic ring is 1. The van der Waals surface area contributed by atoms with Crippen LogP contribution in [0.15, 0.2) is 30.9 Å². The molecule has 6 nitrogen and oxygen atoms in total. The van der Waals surface area contributed by atoms with Crippen LogP contribution in [-0.2, 0) is 0 Å². The maximum Gasteiger partial charge on any atom is 0.199 e. The first-order chi connectivity index (χ1) is 7.74. The average molecular weight is 214 g/mol. The molecule has 16 heavy (non-hydrogen) atoms. The molecule has 0 aliphatic carbocycles. The van der Waals surface area contributed by atoms with Crippen molar-refractivity contribution in [2.45, 2.75) is 6.92 Å². The highest BCUT2D eigenvalue weighted by molar-refractivity contribution is 5.56. The Hall–Kier alpha value is -2.37. The number of nitrogens with zero attached hydrogens (tertiary/aromatic N) is 5. The van der Waals surface area contributed by atoms with Crippen LogP contribution >= 0.6 is 0 Å². The van der Waals surface area contributed by atoms with Crippen LogP contribution in [0, 0.1) is 6.92 Å². The summed E-state index contributed by atoms with van der Waals surface area (Å²) in [7, 11) is 0. The normalized spacial score (nSPS) is 11.1. The number of nitrogens with two attached hydrogens (primary N) is 1. The topological polar surface area (TPSA) is 74.0 Å². The summed E-state index contributed by atoms with van der Waals surface area (Å²) in [6.07, 6.45) is 7.09. The van der Waals surface area contributed by atoms with Crippen molar-refractivity contribution in [2.75, 3.05) is 5.73 Å². The Morgan fingerprint density at radius 3 is 2.94 bits per heavy atom. The third-order valence-electron chi connectivity index (χ3n) is 2.31. The van der Waals surface area contributed by atoms with Gasteiger partial charge in [0.25, 0.3) is 0 Å². The van der Waals surface area contributed by atoms with Crippen LogP contribution in [0.3, 0.4) is 0 Å². The van der Waals surface area contributed by atoms with E-state index in [4.69, 9.17) is 5.73 Å². The lowest BCUT2D eigenvalue weighted by atomic mass is 10.5. The van der Waals surface area contributed by atoms with E-state index >= 15 is 0 Å². The molecule has 0 aliphatic rings. The summed E-state index contributed by atoms with van der Waals surface area (Å²) in [4.78, 5) is 8.48. The first-order valence-corrected chi connectivity index (χ1v) is 4.86. The fourth-order valence-corrected chi connectivity index (χ4v) is 1.62. The summed E-state index contributed by atoms with van der Waals surface area (Å²) in [6, 6.07) is 1.91. The lowest BCUT2D eigenvalue weighted by Crippen LogP contribution is -2.05. The predicted octanol–water partition coefficient (Wildman–Crippen LogP) is 0.806. The van der Waals surface area contributed by atoms with Crippen molar-refractivity contribution in [1.82, 2.24) is 24.1 Å². The van der Waals surface area contributed by atoms with Crippen molar-refractivity contribution in [3.63, 3.8) is 0 Å². The second-order valence-electron chi connectivity index (χ2n) is 3.55. The molecule has 0 aliphatic heterocycles. The molecule has 0 radical (unpaired) electrons. The summed E-state index contributed by atoms with van der Waals surface area (Å²) < 4.78 is 3.50. The monoisotopic (exact) mass is 214 g/mol. The predicted molar refractivity (Wildman–Crippen MR) is 59.3 cm³/mol. The number of anilines is 1. The molecule has 6 heteroatoms. The molecule has 80 valence electrons. The maximum absolute atomic E-state index is 5.73. The molecule has 0 fully saturated rings. The van der Waals surface area contributed by atoms with Crippen molar-refractivity contribution >= 4 is 11.5 Å². The first-order valence-electron chi connectivity index (χ1n) is 4.86. The Bertz CT molecular complexity index is 650. The summed E-state index contributed by atoms with van der Waals surface area (Å²) >= 11 is 0. The molecule has 0 atom stereocenters. The van der Waals surface area contributed by atoms with E-state index in [1.807, 2.05) is 29.8 Å². The smallest absolute Gasteiger partial charge is 0.199 e. The third-order valence-corrected chi connectivity index (χ3v) is 2.31. The van der Waals surface area contributed by atoms with Crippen molar-refractivity contribution < 1.29 is 0 Å². The highest BCUT2D eigenvalue weighted by atomic mass is 15.3. The highest BCUT2D eigenvalue weighted by Gasteiger charge is 2.08. The van der Waals surface area contributed by atoms with E-state index in [2.05, 4.69) is 15.1 Å². The lowest BCUT2D eigenvalue weighted by Gasteiger charge is -2.04. The Morgan fingerprint density at radius 2 is 2.19 bits per heavy atom. The zero-order valence-corrected chi connectivity index (χ0v) is 8.70. The van der Waals surface area contributed by atoms with Gasteiger partial charge in [0, 0.05) is 18.6 Å². The highest BCUT2D eigenvalue weighted by Crippen LogP contribution is 2.13. The molecule has 3 rings (SSSR count). The number of aromatic nitrogens is 5. The molecule has 0 aromatic carbocycles. The van der Waals surface area contributed by atoms with Gasteiger partial charge >= 0.3 is 0 Å². The number of hydrogen-bond acceptors (Lipinski definition) is 4. The second kappa shape index (κ2) is 3.06. The molecule has 0 bridgehead atoms. The number of imidazole rings is 1. The van der Waals surface area contributed by atoms with E-state index in [9.17, 15) is 0 Å². The van der Waals surface area contributed by atoms with Crippen molar-refractivity contribution in [3.8, 4) is 5.82 Å². The molecule has 3 aromatic heterocycles. The molecular formula is C10H10N6. The maximum atomic E-state index is 5.73. The van der Waals surface area contributed by atoms with E-state index in [0.29, 0.717) is 11.6 Å². The fraction of sp³-hybridized carbons (Fsp3) is 0.100. The third kappa shape index (κ3) is 1.23. The standard InChI is InChI=1S/C10H10N6/c1-7-2-4-16(14-7)10-9-12-3-5-15(9)6-8(11)13-10/h2-6H,11H2,1H3. The molecule has 0 saturated heterocycles. The molecule has 0 spiro atoms. The van der Waals surface area contributed by atoms with Crippen molar-refractivity contribution in [1.29, 1.82) is 0 Å². The minimum atomic E-state index is 0.439. The molecule has 0 unspecified atom stereocenters. The van der Waals surface area contributed by atoms with E-state index in [-0.39, 0.29) is 0 Å². The van der Waals surface area contributed by atoms with Crippen molar-refractivity contribution in [3.05, 3.63) is 36.5 Å². The minimum absolute atomic E-state index is 0.439. The van der Waals surface area contributed by atoms with E-state index < -0.39 is 0 Å². The van der Waals surface area contributed by atoms with Gasteiger partial charge in [0.1, 0.15) is 5.82 Å². The van der Waals surface area contributed by atoms with Gasteiger partial charge in [0.05, 0.1) is 11.9 Å². The van der Waals surface area contributed by atoms with Crippen LogP contribution in [0.25, 0.3) is 11.5 Å². The number of aryl methyl sites for hydroxylation is 1. The molecule has 0 amide bonds. The van der Waals surface area contributed by atoms with E-state index in [0.717, 1.165) is 11.3 Å². The van der Waals surface area contributed by atoms with Gasteiger partial charge < -0.3 is 10.1 Å². The summed E-state index contributed by atoms with van der Waals surface area (Å²) in [6.45, 7) is 1.92. The summed E-state index contributed by atoms with van der Waals surface area (Å²) in [5, 5.41) is 4.30. The van der Waals surface area contributed by atoms with Crippen LogP contribution in [0.5, 0.6) is 0 Å². The Kier molecular flexibility index (Phi) is 1.70. The zero-order chi connectivity index (χ0) is 11.1. The van der Waals surface area contributed by atoms with Gasteiger partial charge in [-0.15, -0.1) is 0 Å². The van der Waals surface area contributed by atoms with Crippen molar-refractivity contribution in [2.24, 2.45) is 0 Å². The van der Waals surface area contributed by atoms with Gasteiger partial charge in [0.15, 0.2) is 11.5 Å². The molecule has 3 heterocycles. The zero-order valence-electron chi connectivity index (χ0n) is 8.70. The minimum Gasteiger partial charge on any atom is -0.382 e. The summed E-state index contributed by atoms with van der Waals surface area (Å²) in [5.74, 6) is 1.08. The number of hydrogen-bond donors (Lipinski definition) is 1. The fourth-order valence-electron chi connectivity index (χ4n) is 1.62. The number of rotatable bonds is 1. The van der Waals surface area contributed by atoms with Crippen LogP contribution in [0.4, 0.5) is 5.82 Å². The van der Waals surface area contributed by atoms with E-state index in [1.165, 1.54) is 0 Å². The van der Waals surface area contributed by atoms with Crippen LogP contribution < -0.4 is 5.73 Å². The molecule has 0 saturated carbocycles. The largest absolute Gasteiger partial charge is 0.382 e. The van der Waals surface area contributed by atoms with Gasteiger partial charge in [-0.2, -0.15) is 5.10 Å². The average Bonchev–Trinajstić information content (AvgIpc) is 2.84. The summed E-state index contributed by atoms with van der Waals surface area (Å²) in [5.41, 5.74) is 7.39. The second-order valence-corrected chi connectivity index (χ2v) is 3.55. The van der Waals surface area contributed by atoms with Gasteiger partial charge in [0.2, 0.25) is 0 Å². The molecule has 3 aromatic rings. The van der Waals surface area contributed by atoms with Crippen LogP contribution in [-0.4, -0.2) is 24.1 Å². The Morgan fingerprint density at radius 1 is 1.31 bits per heavy atom. The number of fused-ring (bicyclic) bond motifs is 1. The first kappa shape index (κ1) is 8.90. The lowest BCUT2D eigenvalue weighted by molar-refractivity contribution is 0.830. The van der Waals surface area contributed by atoms with Crippen LogP contribution in [0.2, 0.25) is 0 Å². The molecular weight excluding hydrogens is 204 g/mol.